The summed E-state index contributed by atoms with van der Waals surface area (Å²) in [7, 11) is 0. The summed E-state index contributed by atoms with van der Waals surface area (Å²) in [5.41, 5.74) is 1.82. The van der Waals surface area contributed by atoms with Crippen LogP contribution in [0.5, 0.6) is 0 Å². The van der Waals surface area contributed by atoms with Gasteiger partial charge in [0.2, 0.25) is 11.8 Å². The van der Waals surface area contributed by atoms with E-state index in [1.807, 2.05) is 39.0 Å². The van der Waals surface area contributed by atoms with E-state index in [0.717, 1.165) is 15.7 Å². The molecule has 114 valence electrons. The zero-order chi connectivity index (χ0) is 15.7. The van der Waals surface area contributed by atoms with Gasteiger partial charge in [-0.2, -0.15) is 0 Å². The number of benzene rings is 1. The lowest BCUT2D eigenvalue weighted by Crippen LogP contribution is -2.63. The summed E-state index contributed by atoms with van der Waals surface area (Å²) in [5, 5.41) is 2.84. The highest BCUT2D eigenvalue weighted by Crippen LogP contribution is 2.31. The molecule has 1 aliphatic rings. The van der Waals surface area contributed by atoms with Gasteiger partial charge in [0.25, 0.3) is 0 Å². The maximum atomic E-state index is 12.8. The molecular weight excluding hydrogens is 332 g/mol. The standard InChI is InChI=1S/C16H21BrN2O2/c1-9(2)7-13-16(21)19(11(4)15(20)18-13)14-8-10(3)5-6-12(14)17/h5-6,8-9,11,13H,7H2,1-4H3,(H,18,20). The average Bonchev–Trinajstić information content (AvgIpc) is 2.39. The number of rotatable bonds is 3. The van der Waals surface area contributed by atoms with Crippen LogP contribution in [-0.4, -0.2) is 23.9 Å². The normalized spacial score (nSPS) is 22.7. The highest BCUT2D eigenvalue weighted by atomic mass is 79.9. The zero-order valence-corrected chi connectivity index (χ0v) is 14.4. The maximum absolute atomic E-state index is 12.8. The van der Waals surface area contributed by atoms with Crippen LogP contribution in [0.15, 0.2) is 22.7 Å². The second kappa shape index (κ2) is 6.18. The summed E-state index contributed by atoms with van der Waals surface area (Å²) in [6.07, 6.45) is 0.650. The quantitative estimate of drug-likeness (QED) is 0.908. The molecule has 1 aromatic rings. The molecule has 21 heavy (non-hydrogen) atoms. The van der Waals surface area contributed by atoms with Crippen molar-refractivity contribution in [2.45, 2.75) is 46.2 Å². The van der Waals surface area contributed by atoms with Gasteiger partial charge in [0.05, 0.1) is 5.69 Å². The van der Waals surface area contributed by atoms with Crippen LogP contribution in [0.4, 0.5) is 5.69 Å². The Bertz CT molecular complexity index is 571. The molecule has 0 bridgehead atoms. The number of piperazine rings is 1. The summed E-state index contributed by atoms with van der Waals surface area (Å²) in [6.45, 7) is 7.82. The first kappa shape index (κ1) is 16.0. The van der Waals surface area contributed by atoms with Gasteiger partial charge in [0.15, 0.2) is 0 Å². The fourth-order valence-corrected chi connectivity index (χ4v) is 3.03. The van der Waals surface area contributed by atoms with Crippen molar-refractivity contribution in [2.75, 3.05) is 4.90 Å². The van der Waals surface area contributed by atoms with Gasteiger partial charge in [-0.25, -0.2) is 0 Å². The number of hydrogen-bond acceptors (Lipinski definition) is 2. The molecule has 0 aromatic heterocycles. The fourth-order valence-electron chi connectivity index (χ4n) is 2.60. The summed E-state index contributed by atoms with van der Waals surface area (Å²) in [6, 6.07) is 4.87. The molecule has 2 atom stereocenters. The summed E-state index contributed by atoms with van der Waals surface area (Å²) < 4.78 is 0.825. The van der Waals surface area contributed by atoms with Crippen LogP contribution in [0.1, 0.15) is 32.8 Å². The van der Waals surface area contributed by atoms with E-state index in [1.54, 1.807) is 11.8 Å². The summed E-state index contributed by atoms with van der Waals surface area (Å²) >= 11 is 3.49. The van der Waals surface area contributed by atoms with Crippen molar-refractivity contribution in [2.24, 2.45) is 5.92 Å². The van der Waals surface area contributed by atoms with Crippen LogP contribution in [0.3, 0.4) is 0 Å². The van der Waals surface area contributed by atoms with Crippen LogP contribution in [0.25, 0.3) is 0 Å². The SMILES string of the molecule is Cc1ccc(Br)c(N2C(=O)C(CC(C)C)NC(=O)C2C)c1. The lowest BCUT2D eigenvalue weighted by atomic mass is 9.98. The van der Waals surface area contributed by atoms with Crippen LogP contribution in [0, 0.1) is 12.8 Å². The molecule has 0 radical (unpaired) electrons. The van der Waals surface area contributed by atoms with Crippen molar-refractivity contribution in [1.29, 1.82) is 0 Å². The molecule has 1 heterocycles. The van der Waals surface area contributed by atoms with Crippen molar-refractivity contribution in [3.63, 3.8) is 0 Å². The van der Waals surface area contributed by atoms with Crippen LogP contribution in [0.2, 0.25) is 0 Å². The first-order valence-electron chi connectivity index (χ1n) is 7.21. The third kappa shape index (κ3) is 3.28. The Balaban J connectivity index is 2.41. The second-order valence-electron chi connectivity index (χ2n) is 6.03. The molecule has 0 aliphatic carbocycles. The lowest BCUT2D eigenvalue weighted by molar-refractivity contribution is -0.133. The van der Waals surface area contributed by atoms with Crippen LogP contribution >= 0.6 is 15.9 Å². The van der Waals surface area contributed by atoms with Crippen molar-refractivity contribution in [3.8, 4) is 0 Å². The van der Waals surface area contributed by atoms with E-state index in [2.05, 4.69) is 21.2 Å². The fraction of sp³-hybridized carbons (Fsp3) is 0.500. The van der Waals surface area contributed by atoms with Gasteiger partial charge in [-0.05, 0) is 59.8 Å². The van der Waals surface area contributed by atoms with E-state index in [1.165, 1.54) is 0 Å². The molecule has 2 unspecified atom stereocenters. The molecule has 5 heteroatoms. The molecule has 1 saturated heterocycles. The van der Waals surface area contributed by atoms with Gasteiger partial charge in [-0.15, -0.1) is 0 Å². The highest BCUT2D eigenvalue weighted by Gasteiger charge is 2.39. The van der Waals surface area contributed by atoms with E-state index in [-0.39, 0.29) is 11.8 Å². The minimum atomic E-state index is -0.501. The summed E-state index contributed by atoms with van der Waals surface area (Å²) in [4.78, 5) is 26.6. The Morgan fingerprint density at radius 2 is 2.00 bits per heavy atom. The third-order valence-corrected chi connectivity index (χ3v) is 4.36. The van der Waals surface area contributed by atoms with Crippen molar-refractivity contribution in [3.05, 3.63) is 28.2 Å². The van der Waals surface area contributed by atoms with Gasteiger partial charge in [0.1, 0.15) is 12.1 Å². The number of halogens is 1. The van der Waals surface area contributed by atoms with Crippen molar-refractivity contribution < 1.29 is 9.59 Å². The van der Waals surface area contributed by atoms with Crippen LogP contribution < -0.4 is 10.2 Å². The van der Waals surface area contributed by atoms with E-state index >= 15 is 0 Å². The Labute approximate surface area is 134 Å². The molecule has 1 fully saturated rings. The second-order valence-corrected chi connectivity index (χ2v) is 6.88. The van der Waals surface area contributed by atoms with Gasteiger partial charge in [0, 0.05) is 4.47 Å². The van der Waals surface area contributed by atoms with E-state index in [4.69, 9.17) is 0 Å². The Kier molecular flexibility index (Phi) is 4.71. The van der Waals surface area contributed by atoms with Crippen molar-refractivity contribution in [1.82, 2.24) is 5.32 Å². The number of carbonyl (C=O) groups is 2. The number of anilines is 1. The smallest absolute Gasteiger partial charge is 0.250 e. The molecule has 1 aromatic carbocycles. The van der Waals surface area contributed by atoms with Gasteiger partial charge in [-0.3, -0.25) is 14.5 Å². The monoisotopic (exact) mass is 352 g/mol. The Morgan fingerprint density at radius 3 is 2.62 bits per heavy atom. The summed E-state index contributed by atoms with van der Waals surface area (Å²) in [5.74, 6) is 0.200. The molecule has 2 rings (SSSR count). The lowest BCUT2D eigenvalue weighted by Gasteiger charge is -2.38. The number of amides is 2. The topological polar surface area (TPSA) is 49.4 Å². The molecule has 4 nitrogen and oxygen atoms in total. The Morgan fingerprint density at radius 1 is 1.33 bits per heavy atom. The highest BCUT2D eigenvalue weighted by molar-refractivity contribution is 9.10. The maximum Gasteiger partial charge on any atom is 0.250 e. The molecular formula is C16H21BrN2O2. The number of aryl methyl sites for hydroxylation is 1. The number of hydrogen-bond donors (Lipinski definition) is 1. The van der Waals surface area contributed by atoms with E-state index < -0.39 is 12.1 Å². The first-order valence-corrected chi connectivity index (χ1v) is 8.00. The van der Waals surface area contributed by atoms with Gasteiger partial charge < -0.3 is 5.32 Å². The van der Waals surface area contributed by atoms with Gasteiger partial charge in [-0.1, -0.05) is 19.9 Å². The van der Waals surface area contributed by atoms with E-state index in [9.17, 15) is 9.59 Å². The van der Waals surface area contributed by atoms with Crippen LogP contribution in [-0.2, 0) is 9.59 Å². The Hall–Kier alpha value is -1.36. The van der Waals surface area contributed by atoms with E-state index in [0.29, 0.717) is 12.3 Å². The minimum absolute atomic E-state index is 0.0397. The number of nitrogens with one attached hydrogen (secondary N) is 1. The molecule has 2 amide bonds. The number of carbonyl (C=O) groups excluding carboxylic acids is 2. The predicted molar refractivity (Wildman–Crippen MR) is 87.2 cm³/mol. The largest absolute Gasteiger partial charge is 0.342 e. The molecule has 0 spiro atoms. The average molecular weight is 353 g/mol. The zero-order valence-electron chi connectivity index (χ0n) is 12.8. The minimum Gasteiger partial charge on any atom is -0.342 e. The molecule has 1 aliphatic heterocycles. The number of nitrogens with zero attached hydrogens (tertiary/aromatic N) is 1. The molecule has 0 saturated carbocycles. The van der Waals surface area contributed by atoms with Crippen molar-refractivity contribution >= 4 is 33.4 Å². The first-order chi connectivity index (χ1) is 9.81. The third-order valence-electron chi connectivity index (χ3n) is 3.69. The predicted octanol–water partition coefficient (Wildman–Crippen LogP) is 3.02. The van der Waals surface area contributed by atoms with Gasteiger partial charge >= 0.3 is 0 Å². The molecule has 1 N–H and O–H groups in total.